The Morgan fingerprint density at radius 2 is 2.04 bits per heavy atom. The predicted molar refractivity (Wildman–Crippen MR) is 84.5 cm³/mol. The largest absolute Gasteiger partial charge is 0.436 e. The Balaban J connectivity index is 1.69. The number of rotatable bonds is 6. The molecule has 7 heteroatoms. The summed E-state index contributed by atoms with van der Waals surface area (Å²) in [4.78, 5) is 11.3. The first kappa shape index (κ1) is 16.1. The normalized spacial score (nSPS) is 10.8. The molecule has 24 heavy (non-hydrogen) atoms. The molecule has 0 bridgehead atoms. The number of benzene rings is 1. The highest BCUT2D eigenvalue weighted by molar-refractivity contribution is 5.33. The monoisotopic (exact) mass is 330 g/mol. The first-order valence-corrected chi connectivity index (χ1v) is 7.40. The van der Waals surface area contributed by atoms with E-state index in [4.69, 9.17) is 4.74 Å². The zero-order valence-corrected chi connectivity index (χ0v) is 13.0. The van der Waals surface area contributed by atoms with E-state index in [0.29, 0.717) is 13.1 Å². The van der Waals surface area contributed by atoms with Crippen LogP contribution in [0, 0.1) is 18.6 Å². The van der Waals surface area contributed by atoms with Crippen molar-refractivity contribution < 1.29 is 13.5 Å². The number of ether oxygens (including phenoxy) is 1. The quantitative estimate of drug-likeness (QED) is 0.726. The van der Waals surface area contributed by atoms with Gasteiger partial charge < -0.3 is 15.0 Å². The van der Waals surface area contributed by atoms with E-state index >= 15 is 0 Å². The molecular formula is C17H16F2N4O. The van der Waals surface area contributed by atoms with E-state index in [0.717, 1.165) is 29.1 Å². The molecule has 2 heterocycles. The number of aromatic amines is 1. The second-order valence-corrected chi connectivity index (χ2v) is 5.22. The second-order valence-electron chi connectivity index (χ2n) is 5.22. The number of aryl methyl sites for hydroxylation is 1. The van der Waals surface area contributed by atoms with E-state index in [1.54, 1.807) is 18.6 Å². The number of nitrogens with one attached hydrogen (secondary N) is 2. The van der Waals surface area contributed by atoms with E-state index in [9.17, 15) is 8.78 Å². The molecule has 0 spiro atoms. The van der Waals surface area contributed by atoms with E-state index in [1.807, 2.05) is 13.0 Å². The molecule has 0 radical (unpaired) electrons. The molecule has 0 atom stereocenters. The third kappa shape index (κ3) is 3.75. The van der Waals surface area contributed by atoms with Gasteiger partial charge in [0.15, 0.2) is 11.6 Å². The average Bonchev–Trinajstić information content (AvgIpc) is 2.97. The van der Waals surface area contributed by atoms with Gasteiger partial charge in [0.2, 0.25) is 5.88 Å². The van der Waals surface area contributed by atoms with Crippen LogP contribution in [0.5, 0.6) is 11.6 Å². The van der Waals surface area contributed by atoms with Crippen LogP contribution in [0.3, 0.4) is 0 Å². The Hall–Kier alpha value is -2.80. The van der Waals surface area contributed by atoms with Gasteiger partial charge in [-0.25, -0.2) is 18.7 Å². The van der Waals surface area contributed by atoms with Gasteiger partial charge in [0, 0.05) is 36.6 Å². The van der Waals surface area contributed by atoms with Crippen LogP contribution in [-0.2, 0) is 13.1 Å². The topological polar surface area (TPSA) is 62.8 Å². The third-order valence-electron chi connectivity index (χ3n) is 3.49. The second kappa shape index (κ2) is 7.18. The summed E-state index contributed by atoms with van der Waals surface area (Å²) in [6, 6.07) is 6.75. The van der Waals surface area contributed by atoms with E-state index in [2.05, 4.69) is 20.3 Å². The van der Waals surface area contributed by atoms with Crippen molar-refractivity contribution in [2.45, 2.75) is 20.0 Å². The first-order valence-electron chi connectivity index (χ1n) is 7.40. The molecule has 0 unspecified atom stereocenters. The van der Waals surface area contributed by atoms with Crippen molar-refractivity contribution in [1.82, 2.24) is 20.3 Å². The summed E-state index contributed by atoms with van der Waals surface area (Å²) >= 11 is 0. The molecule has 5 nitrogen and oxygen atoms in total. The Bertz CT molecular complexity index is 835. The lowest BCUT2D eigenvalue weighted by Crippen LogP contribution is -2.14. The van der Waals surface area contributed by atoms with Crippen LogP contribution < -0.4 is 10.1 Å². The molecule has 2 N–H and O–H groups in total. The van der Waals surface area contributed by atoms with E-state index in [1.165, 1.54) is 6.07 Å². The van der Waals surface area contributed by atoms with Gasteiger partial charge in [-0.15, -0.1) is 0 Å². The van der Waals surface area contributed by atoms with Gasteiger partial charge in [-0.1, -0.05) is 6.07 Å². The molecule has 3 aromatic rings. The Morgan fingerprint density at radius 1 is 1.17 bits per heavy atom. The molecule has 0 aliphatic rings. The summed E-state index contributed by atoms with van der Waals surface area (Å²) in [5, 5.41) is 3.24. The molecule has 1 aromatic carbocycles. The van der Waals surface area contributed by atoms with Crippen LogP contribution in [0.4, 0.5) is 8.78 Å². The summed E-state index contributed by atoms with van der Waals surface area (Å²) < 4.78 is 32.2. The lowest BCUT2D eigenvalue weighted by molar-refractivity contribution is 0.417. The fourth-order valence-electron chi connectivity index (χ4n) is 2.19. The van der Waals surface area contributed by atoms with Crippen LogP contribution in [0.25, 0.3) is 0 Å². The fraction of sp³-hybridized carbons (Fsp3) is 0.176. The summed E-state index contributed by atoms with van der Waals surface area (Å²) in [5.41, 5.74) is 2.68. The molecule has 2 aromatic heterocycles. The molecule has 3 rings (SSSR count). The van der Waals surface area contributed by atoms with Crippen molar-refractivity contribution in [3.05, 3.63) is 71.4 Å². The molecule has 0 saturated carbocycles. The van der Waals surface area contributed by atoms with Crippen molar-refractivity contribution in [3.63, 3.8) is 0 Å². The number of nitrogens with zero attached hydrogens (tertiary/aromatic N) is 2. The van der Waals surface area contributed by atoms with Gasteiger partial charge in [0.05, 0.1) is 12.0 Å². The maximum Gasteiger partial charge on any atom is 0.223 e. The molecule has 0 aliphatic heterocycles. The van der Waals surface area contributed by atoms with Gasteiger partial charge >= 0.3 is 0 Å². The van der Waals surface area contributed by atoms with E-state index < -0.39 is 11.6 Å². The minimum Gasteiger partial charge on any atom is -0.436 e. The standard InChI is InChI=1S/C17H16F2N4O/c1-11-15(23-10-22-11)9-20-8-12-3-2-6-21-17(12)24-16-5-4-13(18)7-14(16)19/h2-7,10,20H,8-9H2,1H3,(H,22,23). The molecule has 0 amide bonds. The van der Waals surface area contributed by atoms with Gasteiger partial charge in [-0.05, 0) is 25.1 Å². The van der Waals surface area contributed by atoms with Crippen LogP contribution >= 0.6 is 0 Å². The van der Waals surface area contributed by atoms with Gasteiger partial charge in [0.1, 0.15) is 5.82 Å². The molecule has 0 fully saturated rings. The minimum atomic E-state index is -0.772. The Kier molecular flexibility index (Phi) is 4.81. The maximum atomic E-state index is 13.7. The van der Waals surface area contributed by atoms with E-state index in [-0.39, 0.29) is 11.6 Å². The van der Waals surface area contributed by atoms with Crippen LogP contribution in [0.1, 0.15) is 17.0 Å². The van der Waals surface area contributed by atoms with Crippen LogP contribution in [0.15, 0.2) is 42.9 Å². The SMILES string of the molecule is Cc1[nH]cnc1CNCc1cccnc1Oc1ccc(F)cc1F. The summed E-state index contributed by atoms with van der Waals surface area (Å²) in [7, 11) is 0. The number of halogens is 2. The van der Waals surface area contributed by atoms with Crippen molar-refractivity contribution in [3.8, 4) is 11.6 Å². The number of hydrogen-bond donors (Lipinski definition) is 2. The summed E-state index contributed by atoms with van der Waals surface area (Å²) in [6.45, 7) is 2.99. The van der Waals surface area contributed by atoms with Crippen LogP contribution in [-0.4, -0.2) is 15.0 Å². The average molecular weight is 330 g/mol. The molecular weight excluding hydrogens is 314 g/mol. The lowest BCUT2D eigenvalue weighted by Gasteiger charge is -2.11. The van der Waals surface area contributed by atoms with Gasteiger partial charge in [0.25, 0.3) is 0 Å². The highest BCUT2D eigenvalue weighted by Gasteiger charge is 2.11. The number of aromatic nitrogens is 3. The van der Waals surface area contributed by atoms with Crippen molar-refractivity contribution in [1.29, 1.82) is 0 Å². The molecule has 0 aliphatic carbocycles. The number of hydrogen-bond acceptors (Lipinski definition) is 4. The highest BCUT2D eigenvalue weighted by Crippen LogP contribution is 2.26. The van der Waals surface area contributed by atoms with Crippen molar-refractivity contribution >= 4 is 0 Å². The minimum absolute atomic E-state index is 0.0699. The fourth-order valence-corrected chi connectivity index (χ4v) is 2.19. The smallest absolute Gasteiger partial charge is 0.223 e. The zero-order chi connectivity index (χ0) is 16.9. The Morgan fingerprint density at radius 3 is 2.79 bits per heavy atom. The predicted octanol–water partition coefficient (Wildman–Crippen LogP) is 3.47. The van der Waals surface area contributed by atoms with Gasteiger partial charge in [-0.2, -0.15) is 0 Å². The number of pyridine rings is 1. The maximum absolute atomic E-state index is 13.7. The molecule has 0 saturated heterocycles. The zero-order valence-electron chi connectivity index (χ0n) is 13.0. The summed E-state index contributed by atoms with van der Waals surface area (Å²) in [6.07, 6.45) is 3.19. The highest BCUT2D eigenvalue weighted by atomic mass is 19.1. The third-order valence-corrected chi connectivity index (χ3v) is 3.49. The molecule has 124 valence electrons. The van der Waals surface area contributed by atoms with Crippen molar-refractivity contribution in [2.24, 2.45) is 0 Å². The Labute approximate surface area is 137 Å². The summed E-state index contributed by atoms with van der Waals surface area (Å²) in [5.74, 6) is -1.22. The van der Waals surface area contributed by atoms with Crippen LogP contribution in [0.2, 0.25) is 0 Å². The first-order chi connectivity index (χ1) is 11.6. The number of imidazole rings is 1. The lowest BCUT2D eigenvalue weighted by atomic mass is 10.2. The van der Waals surface area contributed by atoms with Crippen molar-refractivity contribution in [2.75, 3.05) is 0 Å². The van der Waals surface area contributed by atoms with Gasteiger partial charge in [-0.3, -0.25) is 0 Å². The number of H-pyrrole nitrogens is 1.